The van der Waals surface area contributed by atoms with Crippen LogP contribution in [0, 0.1) is 23.7 Å². The van der Waals surface area contributed by atoms with Crippen molar-refractivity contribution >= 4 is 11.9 Å². The molecule has 4 heteroatoms. The molecular formula is C32H60O4. The van der Waals surface area contributed by atoms with Crippen LogP contribution in [0.3, 0.4) is 0 Å². The summed E-state index contributed by atoms with van der Waals surface area (Å²) in [5.41, 5.74) is 0. The molecule has 0 aromatic rings. The number of carbonyl (C=O) groups is 2. The predicted octanol–water partition coefficient (Wildman–Crippen LogP) is 9.43. The van der Waals surface area contributed by atoms with Gasteiger partial charge in [0.05, 0.1) is 25.0 Å². The van der Waals surface area contributed by atoms with Gasteiger partial charge in [0.15, 0.2) is 0 Å². The van der Waals surface area contributed by atoms with Crippen LogP contribution in [0.1, 0.15) is 156 Å². The average molecular weight is 509 g/mol. The van der Waals surface area contributed by atoms with Gasteiger partial charge in [-0.2, -0.15) is 0 Å². The lowest BCUT2D eigenvalue weighted by molar-refractivity contribution is -0.163. The van der Waals surface area contributed by atoms with Crippen molar-refractivity contribution in [2.45, 2.75) is 156 Å². The zero-order valence-electron chi connectivity index (χ0n) is 24.5. The number of ether oxygens (including phenoxy) is 2. The van der Waals surface area contributed by atoms with Crippen molar-refractivity contribution in [3.63, 3.8) is 0 Å². The van der Waals surface area contributed by atoms with Gasteiger partial charge in [0.25, 0.3) is 0 Å². The largest absolute Gasteiger partial charge is 0.465 e. The highest BCUT2D eigenvalue weighted by Crippen LogP contribution is 2.32. The first-order chi connectivity index (χ1) is 17.4. The molecule has 2 unspecified atom stereocenters. The number of unbranched alkanes of at least 4 members (excludes halogenated alkanes) is 12. The summed E-state index contributed by atoms with van der Waals surface area (Å²) in [4.78, 5) is 25.4. The van der Waals surface area contributed by atoms with E-state index in [0.29, 0.717) is 13.2 Å². The summed E-state index contributed by atoms with van der Waals surface area (Å²) < 4.78 is 11.2. The third-order valence-electron chi connectivity index (χ3n) is 7.71. The first-order valence-electron chi connectivity index (χ1n) is 15.7. The van der Waals surface area contributed by atoms with Crippen LogP contribution in [0.15, 0.2) is 0 Å². The Morgan fingerprint density at radius 2 is 0.833 bits per heavy atom. The summed E-state index contributed by atoms with van der Waals surface area (Å²) in [7, 11) is 0. The third-order valence-corrected chi connectivity index (χ3v) is 7.71. The van der Waals surface area contributed by atoms with E-state index < -0.39 is 0 Å². The second-order valence-corrected chi connectivity index (χ2v) is 12.1. The third kappa shape index (κ3) is 17.4. The summed E-state index contributed by atoms with van der Waals surface area (Å²) in [5.74, 6) is 0.654. The molecule has 1 fully saturated rings. The minimum atomic E-state index is -0.307. The van der Waals surface area contributed by atoms with Crippen LogP contribution in [0.5, 0.6) is 0 Å². The highest BCUT2D eigenvalue weighted by atomic mass is 16.5. The van der Waals surface area contributed by atoms with E-state index in [1.807, 2.05) is 0 Å². The molecule has 0 radical (unpaired) electrons. The first-order valence-corrected chi connectivity index (χ1v) is 15.7. The molecule has 212 valence electrons. The zero-order valence-corrected chi connectivity index (χ0v) is 24.5. The van der Waals surface area contributed by atoms with Crippen LogP contribution in [-0.4, -0.2) is 25.2 Å². The average Bonchev–Trinajstić information content (AvgIpc) is 2.85. The fraction of sp³-hybridized carbons (Fsp3) is 0.938. The van der Waals surface area contributed by atoms with Crippen molar-refractivity contribution in [2.75, 3.05) is 13.2 Å². The number of esters is 2. The van der Waals surface area contributed by atoms with E-state index in [4.69, 9.17) is 9.47 Å². The van der Waals surface area contributed by atoms with E-state index in [1.165, 1.54) is 77.0 Å². The minimum absolute atomic E-state index is 0.178. The zero-order chi connectivity index (χ0) is 26.4. The molecule has 0 amide bonds. The molecule has 0 spiro atoms. The fourth-order valence-electron chi connectivity index (χ4n) is 5.33. The van der Waals surface area contributed by atoms with Gasteiger partial charge in [-0.3, -0.25) is 9.59 Å². The molecule has 0 aromatic carbocycles. The van der Waals surface area contributed by atoms with Crippen molar-refractivity contribution in [1.29, 1.82) is 0 Å². The lowest BCUT2D eigenvalue weighted by Crippen LogP contribution is -2.35. The normalized spacial score (nSPS) is 18.1. The van der Waals surface area contributed by atoms with Crippen LogP contribution in [-0.2, 0) is 19.1 Å². The van der Waals surface area contributed by atoms with E-state index in [1.54, 1.807) is 0 Å². The topological polar surface area (TPSA) is 52.6 Å². The Kier molecular flexibility index (Phi) is 20.1. The quantitative estimate of drug-likeness (QED) is 0.108. The lowest BCUT2D eigenvalue weighted by atomic mass is 9.79. The van der Waals surface area contributed by atoms with E-state index >= 15 is 0 Å². The molecule has 1 aliphatic carbocycles. The molecule has 1 saturated carbocycles. The van der Waals surface area contributed by atoms with Crippen molar-refractivity contribution in [3.05, 3.63) is 0 Å². The van der Waals surface area contributed by atoms with Crippen molar-refractivity contribution in [1.82, 2.24) is 0 Å². The Morgan fingerprint density at radius 1 is 0.528 bits per heavy atom. The highest BCUT2D eigenvalue weighted by molar-refractivity contribution is 5.82. The van der Waals surface area contributed by atoms with Crippen molar-refractivity contribution in [3.8, 4) is 0 Å². The fourth-order valence-corrected chi connectivity index (χ4v) is 5.33. The molecular weight excluding hydrogens is 448 g/mol. The molecule has 36 heavy (non-hydrogen) atoms. The van der Waals surface area contributed by atoms with E-state index in [-0.39, 0.29) is 23.8 Å². The highest BCUT2D eigenvalue weighted by Gasteiger charge is 2.37. The maximum atomic E-state index is 12.7. The maximum Gasteiger partial charge on any atom is 0.309 e. The van der Waals surface area contributed by atoms with Crippen LogP contribution in [0.4, 0.5) is 0 Å². The summed E-state index contributed by atoms with van der Waals surface area (Å²) in [5, 5.41) is 0. The first kappa shape index (κ1) is 33.0. The van der Waals surface area contributed by atoms with Gasteiger partial charge < -0.3 is 9.47 Å². The van der Waals surface area contributed by atoms with Gasteiger partial charge in [-0.1, -0.05) is 130 Å². The Morgan fingerprint density at radius 3 is 1.17 bits per heavy atom. The second-order valence-electron chi connectivity index (χ2n) is 12.1. The number of hydrogen-bond donors (Lipinski definition) is 0. The number of rotatable bonds is 22. The molecule has 1 aliphatic rings. The standard InChI is InChI=1S/C32H60O4/c1-27(2)21-15-11-7-5-6-9-13-19-25-35-31(33)29-23-17-18-24-30(29)32(34)36-26-20-14-10-8-12-16-22-28(3)4/h27-30H,5-26H2,1-4H3. The van der Waals surface area contributed by atoms with Gasteiger partial charge >= 0.3 is 11.9 Å². The van der Waals surface area contributed by atoms with Gasteiger partial charge in [-0.05, 0) is 37.5 Å². The molecule has 0 aromatic heterocycles. The van der Waals surface area contributed by atoms with Crippen LogP contribution in [0.2, 0.25) is 0 Å². The number of hydrogen-bond acceptors (Lipinski definition) is 4. The minimum Gasteiger partial charge on any atom is -0.465 e. The van der Waals surface area contributed by atoms with Crippen molar-refractivity contribution in [2.24, 2.45) is 23.7 Å². The van der Waals surface area contributed by atoms with E-state index in [2.05, 4.69) is 27.7 Å². The van der Waals surface area contributed by atoms with E-state index in [0.717, 1.165) is 63.2 Å². The summed E-state index contributed by atoms with van der Waals surface area (Å²) >= 11 is 0. The molecule has 0 bridgehead atoms. The van der Waals surface area contributed by atoms with Crippen LogP contribution < -0.4 is 0 Å². The molecule has 4 nitrogen and oxygen atoms in total. The van der Waals surface area contributed by atoms with Gasteiger partial charge in [0, 0.05) is 0 Å². The Balaban J connectivity index is 2.10. The smallest absolute Gasteiger partial charge is 0.309 e. The number of carbonyl (C=O) groups excluding carboxylic acids is 2. The monoisotopic (exact) mass is 508 g/mol. The lowest BCUT2D eigenvalue weighted by Gasteiger charge is -2.28. The molecule has 2 atom stereocenters. The van der Waals surface area contributed by atoms with Crippen LogP contribution in [0.25, 0.3) is 0 Å². The molecule has 0 heterocycles. The Bertz CT molecular complexity index is 542. The molecule has 0 saturated heterocycles. The summed E-state index contributed by atoms with van der Waals surface area (Å²) in [6.07, 6.45) is 23.3. The van der Waals surface area contributed by atoms with Gasteiger partial charge in [0.2, 0.25) is 0 Å². The Hall–Kier alpha value is -1.06. The second kappa shape index (κ2) is 22.0. The van der Waals surface area contributed by atoms with Gasteiger partial charge in [-0.25, -0.2) is 0 Å². The van der Waals surface area contributed by atoms with Crippen molar-refractivity contribution < 1.29 is 19.1 Å². The summed E-state index contributed by atoms with van der Waals surface area (Å²) in [6, 6.07) is 0. The maximum absolute atomic E-state index is 12.7. The SMILES string of the molecule is CC(C)CCCCCCCCCCOC(=O)C1CCCCC1C(=O)OCCCCCCCCC(C)C. The van der Waals surface area contributed by atoms with E-state index in [9.17, 15) is 9.59 Å². The molecule has 1 rings (SSSR count). The molecule has 0 N–H and O–H groups in total. The van der Waals surface area contributed by atoms with Gasteiger partial charge in [0.1, 0.15) is 0 Å². The summed E-state index contributed by atoms with van der Waals surface area (Å²) in [6.45, 7) is 10.1. The van der Waals surface area contributed by atoms with Crippen LogP contribution >= 0.6 is 0 Å². The predicted molar refractivity (Wildman–Crippen MR) is 151 cm³/mol. The van der Waals surface area contributed by atoms with Gasteiger partial charge in [-0.15, -0.1) is 0 Å². The Labute approximate surface area is 224 Å². The molecule has 0 aliphatic heterocycles.